The number of aliphatic hydroxyl groups excluding tert-OH is 1. The number of ether oxygens (including phenoxy) is 1. The quantitative estimate of drug-likeness (QED) is 0.429. The van der Waals surface area contributed by atoms with Gasteiger partial charge in [0.1, 0.15) is 5.60 Å². The van der Waals surface area contributed by atoms with E-state index in [2.05, 4.69) is 31.7 Å². The number of hydrogen-bond acceptors (Lipinski definition) is 4. The van der Waals surface area contributed by atoms with Gasteiger partial charge >= 0.3 is 6.09 Å². The molecule has 2 aromatic rings. The summed E-state index contributed by atoms with van der Waals surface area (Å²) in [5.74, 6) is 0. The van der Waals surface area contributed by atoms with Gasteiger partial charge in [-0.25, -0.2) is 4.79 Å². The number of aromatic amines is 1. The van der Waals surface area contributed by atoms with Crippen molar-refractivity contribution < 1.29 is 14.6 Å². The first-order valence-corrected chi connectivity index (χ1v) is 10.7. The summed E-state index contributed by atoms with van der Waals surface area (Å²) in [5, 5.41) is 17.7. The molecule has 1 amide bonds. The fourth-order valence-electron chi connectivity index (χ4n) is 3.00. The van der Waals surface area contributed by atoms with E-state index in [1.807, 2.05) is 58.2 Å². The summed E-state index contributed by atoms with van der Waals surface area (Å²) in [6, 6.07) is 7.90. The highest BCUT2D eigenvalue weighted by Crippen LogP contribution is 2.20. The maximum Gasteiger partial charge on any atom is 0.410 e. The zero-order valence-electron chi connectivity index (χ0n) is 19.9. The lowest BCUT2D eigenvalue weighted by molar-refractivity contribution is 0.0176. The first kappa shape index (κ1) is 28.2. The Morgan fingerprint density at radius 3 is 2.42 bits per heavy atom. The normalized spacial score (nSPS) is 14.9. The van der Waals surface area contributed by atoms with E-state index in [-0.39, 0.29) is 18.7 Å². The van der Waals surface area contributed by atoms with Crippen LogP contribution < -0.4 is 0 Å². The van der Waals surface area contributed by atoms with Crippen molar-refractivity contribution in [2.45, 2.75) is 72.4 Å². The minimum atomic E-state index is -0.459. The van der Waals surface area contributed by atoms with Crippen molar-refractivity contribution in [3.63, 3.8) is 0 Å². The number of amides is 1. The summed E-state index contributed by atoms with van der Waals surface area (Å²) in [7, 11) is 0. The Morgan fingerprint density at radius 1 is 1.29 bits per heavy atom. The van der Waals surface area contributed by atoms with Gasteiger partial charge in [-0.15, -0.1) is 12.8 Å². The van der Waals surface area contributed by atoms with E-state index in [0.717, 1.165) is 29.3 Å². The molecule has 1 aromatic carbocycles. The Kier molecular flexibility index (Phi) is 13.0. The molecule has 1 fully saturated rings. The third kappa shape index (κ3) is 9.71. The highest BCUT2D eigenvalue weighted by molar-refractivity contribution is 6.07. The average molecular weight is 430 g/mol. The third-order valence-electron chi connectivity index (χ3n) is 4.21. The zero-order valence-corrected chi connectivity index (χ0v) is 19.9. The van der Waals surface area contributed by atoms with E-state index in [9.17, 15) is 4.79 Å². The standard InChI is InChI=1S/C10H10N2.C10H19NO3.C3H8.C2H2/c1-7(11)8-3-2-4-10-9(8)5-6-12-10;1-10(2,3)14-9(13)11-6-4-5-8(11)7-12;1-3-2;1-2/h2-6,11-12H,1H3;8,12H,4-7H2,1-3H3;3H2,1-2H3;1-2H. The zero-order chi connectivity index (χ0) is 24.0. The van der Waals surface area contributed by atoms with Gasteiger partial charge in [-0.2, -0.15) is 0 Å². The topological polar surface area (TPSA) is 89.4 Å². The van der Waals surface area contributed by atoms with E-state index in [1.165, 1.54) is 6.42 Å². The number of aromatic nitrogens is 1. The van der Waals surface area contributed by atoms with Crippen molar-refractivity contribution in [1.82, 2.24) is 9.88 Å². The van der Waals surface area contributed by atoms with Crippen molar-refractivity contribution >= 4 is 22.7 Å². The number of carbonyl (C=O) groups is 1. The molecule has 0 saturated carbocycles. The van der Waals surface area contributed by atoms with Gasteiger partial charge in [0.25, 0.3) is 0 Å². The molecule has 172 valence electrons. The largest absolute Gasteiger partial charge is 0.444 e. The van der Waals surface area contributed by atoms with Gasteiger partial charge in [0.15, 0.2) is 0 Å². The lowest BCUT2D eigenvalue weighted by atomic mass is 10.1. The highest BCUT2D eigenvalue weighted by atomic mass is 16.6. The van der Waals surface area contributed by atoms with Crippen LogP contribution in [0.5, 0.6) is 0 Å². The molecule has 1 aliphatic rings. The number of rotatable bonds is 2. The number of benzene rings is 1. The van der Waals surface area contributed by atoms with Gasteiger partial charge in [0, 0.05) is 34.9 Å². The number of terminal acetylenes is 1. The lowest BCUT2D eigenvalue weighted by Crippen LogP contribution is -2.41. The summed E-state index contributed by atoms with van der Waals surface area (Å²) in [6.45, 7) is 12.3. The second kappa shape index (κ2) is 14.3. The highest BCUT2D eigenvalue weighted by Gasteiger charge is 2.31. The molecule has 3 N–H and O–H groups in total. The van der Waals surface area contributed by atoms with Crippen molar-refractivity contribution in [3.05, 3.63) is 36.0 Å². The second-order valence-electron chi connectivity index (χ2n) is 8.23. The Hall–Kier alpha value is -2.78. The van der Waals surface area contributed by atoms with Crippen LogP contribution in [0, 0.1) is 18.3 Å². The predicted octanol–water partition coefficient (Wildman–Crippen LogP) is 5.60. The second-order valence-corrected chi connectivity index (χ2v) is 8.23. The van der Waals surface area contributed by atoms with Gasteiger partial charge in [0.2, 0.25) is 0 Å². The van der Waals surface area contributed by atoms with Gasteiger partial charge in [-0.3, -0.25) is 0 Å². The van der Waals surface area contributed by atoms with Crippen LogP contribution in [0.3, 0.4) is 0 Å². The van der Waals surface area contributed by atoms with Gasteiger partial charge in [0.05, 0.1) is 12.6 Å². The van der Waals surface area contributed by atoms with E-state index < -0.39 is 5.60 Å². The van der Waals surface area contributed by atoms with Crippen LogP contribution in [0.25, 0.3) is 10.9 Å². The fourth-order valence-corrected chi connectivity index (χ4v) is 3.00. The van der Waals surface area contributed by atoms with Gasteiger partial charge in [-0.05, 0) is 52.7 Å². The number of nitrogens with one attached hydrogen (secondary N) is 2. The smallest absolute Gasteiger partial charge is 0.410 e. The Labute approximate surface area is 187 Å². The molecule has 0 aliphatic carbocycles. The number of H-pyrrole nitrogens is 1. The lowest BCUT2D eigenvalue weighted by Gasteiger charge is -2.27. The van der Waals surface area contributed by atoms with E-state index in [4.69, 9.17) is 15.3 Å². The predicted molar refractivity (Wildman–Crippen MR) is 130 cm³/mol. The Morgan fingerprint density at radius 2 is 1.90 bits per heavy atom. The van der Waals surface area contributed by atoms with E-state index in [1.54, 1.807) is 4.90 Å². The molecular weight excluding hydrogens is 390 g/mol. The first-order chi connectivity index (χ1) is 14.6. The molecule has 1 unspecified atom stereocenters. The van der Waals surface area contributed by atoms with Crippen molar-refractivity contribution in [2.75, 3.05) is 13.2 Å². The molecule has 0 radical (unpaired) electrons. The van der Waals surface area contributed by atoms with Crippen molar-refractivity contribution in [2.24, 2.45) is 0 Å². The molecule has 1 aliphatic heterocycles. The fraction of sp³-hybridized carbons (Fsp3) is 0.520. The number of nitrogens with zero attached hydrogens (tertiary/aromatic N) is 1. The molecule has 3 rings (SSSR count). The Balaban J connectivity index is 0.000000484. The summed E-state index contributed by atoms with van der Waals surface area (Å²) in [6.07, 6.45) is 12.7. The first-order valence-electron chi connectivity index (χ1n) is 10.7. The summed E-state index contributed by atoms with van der Waals surface area (Å²) in [5.41, 5.74) is 2.26. The van der Waals surface area contributed by atoms with Crippen LogP contribution >= 0.6 is 0 Å². The third-order valence-corrected chi connectivity index (χ3v) is 4.21. The molecule has 1 aromatic heterocycles. The van der Waals surface area contributed by atoms with Crippen LogP contribution in [0.2, 0.25) is 0 Å². The molecule has 1 atom stereocenters. The molecule has 2 heterocycles. The summed E-state index contributed by atoms with van der Waals surface area (Å²) < 4.78 is 5.23. The molecule has 1 saturated heterocycles. The van der Waals surface area contributed by atoms with Crippen LogP contribution in [-0.2, 0) is 4.74 Å². The minimum absolute atomic E-state index is 0.0270. The van der Waals surface area contributed by atoms with E-state index in [0.29, 0.717) is 12.3 Å². The van der Waals surface area contributed by atoms with Crippen LogP contribution in [-0.4, -0.2) is 51.6 Å². The number of carbonyl (C=O) groups excluding carboxylic acids is 1. The minimum Gasteiger partial charge on any atom is -0.444 e. The van der Waals surface area contributed by atoms with Crippen LogP contribution in [0.4, 0.5) is 4.79 Å². The van der Waals surface area contributed by atoms with Crippen LogP contribution in [0.15, 0.2) is 30.5 Å². The number of fused-ring (bicyclic) bond motifs is 1. The molecule has 0 bridgehead atoms. The Bertz CT molecular complexity index is 818. The molecule has 31 heavy (non-hydrogen) atoms. The maximum absolute atomic E-state index is 11.6. The molecule has 0 spiro atoms. The van der Waals surface area contributed by atoms with Crippen LogP contribution in [0.1, 0.15) is 66.4 Å². The molecule has 6 heteroatoms. The number of aliphatic hydroxyl groups is 1. The van der Waals surface area contributed by atoms with E-state index >= 15 is 0 Å². The summed E-state index contributed by atoms with van der Waals surface area (Å²) >= 11 is 0. The number of hydrogen-bond donors (Lipinski definition) is 3. The van der Waals surface area contributed by atoms with Crippen molar-refractivity contribution in [1.29, 1.82) is 5.41 Å². The SMILES string of the molecule is C#C.CC(=N)c1cccc2[nH]ccc12.CC(C)(C)OC(=O)N1CCCC1CO.CCC. The van der Waals surface area contributed by atoms with Gasteiger partial charge < -0.3 is 25.1 Å². The van der Waals surface area contributed by atoms with Crippen molar-refractivity contribution in [3.8, 4) is 12.8 Å². The number of likely N-dealkylation sites (tertiary alicyclic amines) is 1. The van der Waals surface area contributed by atoms with Gasteiger partial charge in [-0.1, -0.05) is 32.4 Å². The maximum atomic E-state index is 11.6. The molecule has 6 nitrogen and oxygen atoms in total. The summed E-state index contributed by atoms with van der Waals surface area (Å²) in [4.78, 5) is 16.4. The monoisotopic (exact) mass is 429 g/mol. The molecular formula is C25H39N3O3. The average Bonchev–Trinajstić information content (AvgIpc) is 3.38.